The molecule has 1 aromatic heterocycles. The summed E-state index contributed by atoms with van der Waals surface area (Å²) in [6.07, 6.45) is 2.97. The van der Waals surface area contributed by atoms with Crippen molar-refractivity contribution in [1.82, 2.24) is 9.88 Å². The Kier molecular flexibility index (Phi) is 3.74. The molecular weight excluding hydrogens is 202 g/mol. The van der Waals surface area contributed by atoms with Gasteiger partial charge in [-0.3, -0.25) is 4.90 Å². The predicted octanol–water partition coefficient (Wildman–Crippen LogP) is 0.871. The molecule has 16 heavy (non-hydrogen) atoms. The summed E-state index contributed by atoms with van der Waals surface area (Å²) >= 11 is 0. The summed E-state index contributed by atoms with van der Waals surface area (Å²) in [4.78, 5) is 6.62. The normalized spacial score (nSPS) is 21.2. The first-order valence-electron chi connectivity index (χ1n) is 5.73. The Hall–Kier alpha value is -1.13. The van der Waals surface area contributed by atoms with E-state index in [9.17, 15) is 0 Å². The summed E-state index contributed by atoms with van der Waals surface area (Å²) in [5, 5.41) is 0. The number of pyridine rings is 1. The van der Waals surface area contributed by atoms with E-state index in [4.69, 9.17) is 10.5 Å². The van der Waals surface area contributed by atoms with Crippen molar-refractivity contribution in [2.24, 2.45) is 11.7 Å². The van der Waals surface area contributed by atoms with Crippen molar-refractivity contribution < 1.29 is 4.74 Å². The maximum atomic E-state index is 5.68. The van der Waals surface area contributed by atoms with Crippen LogP contribution in [0.25, 0.3) is 0 Å². The minimum absolute atomic E-state index is 0.655. The Morgan fingerprint density at radius 3 is 3.19 bits per heavy atom. The quantitative estimate of drug-likeness (QED) is 0.819. The van der Waals surface area contributed by atoms with Crippen molar-refractivity contribution in [3.63, 3.8) is 0 Å². The van der Waals surface area contributed by atoms with Gasteiger partial charge in [0.15, 0.2) is 0 Å². The summed E-state index contributed by atoms with van der Waals surface area (Å²) in [5.74, 6) is 1.39. The molecule has 1 aliphatic rings. The number of ether oxygens (including phenoxy) is 1. The zero-order chi connectivity index (χ0) is 11.4. The van der Waals surface area contributed by atoms with Crippen LogP contribution in [0.15, 0.2) is 18.3 Å². The van der Waals surface area contributed by atoms with Crippen LogP contribution in [0.5, 0.6) is 5.88 Å². The van der Waals surface area contributed by atoms with Gasteiger partial charge in [0.25, 0.3) is 0 Å². The van der Waals surface area contributed by atoms with E-state index >= 15 is 0 Å². The second-order valence-corrected chi connectivity index (χ2v) is 4.30. The molecule has 0 amide bonds. The molecule has 1 aliphatic heterocycles. The molecule has 1 unspecified atom stereocenters. The number of aromatic nitrogens is 1. The fourth-order valence-electron chi connectivity index (χ4n) is 2.22. The molecule has 1 atom stereocenters. The average Bonchev–Trinajstić information content (AvgIpc) is 2.77. The Morgan fingerprint density at radius 1 is 1.62 bits per heavy atom. The van der Waals surface area contributed by atoms with Gasteiger partial charge in [0.1, 0.15) is 0 Å². The van der Waals surface area contributed by atoms with Crippen molar-refractivity contribution in [1.29, 1.82) is 0 Å². The summed E-state index contributed by atoms with van der Waals surface area (Å²) in [6, 6.07) is 4.02. The SMILES string of the molecule is COc1ncccc1CN1CCC(CN)C1. The topological polar surface area (TPSA) is 51.4 Å². The minimum Gasteiger partial charge on any atom is -0.481 e. The Morgan fingerprint density at radius 2 is 2.50 bits per heavy atom. The summed E-state index contributed by atoms with van der Waals surface area (Å²) < 4.78 is 5.25. The highest BCUT2D eigenvalue weighted by atomic mass is 16.5. The van der Waals surface area contributed by atoms with Gasteiger partial charge in [0.05, 0.1) is 7.11 Å². The van der Waals surface area contributed by atoms with Crippen molar-refractivity contribution in [2.45, 2.75) is 13.0 Å². The van der Waals surface area contributed by atoms with E-state index in [0.29, 0.717) is 5.92 Å². The molecule has 0 bridgehead atoms. The highest BCUT2D eigenvalue weighted by Gasteiger charge is 2.21. The maximum absolute atomic E-state index is 5.68. The van der Waals surface area contributed by atoms with Crippen molar-refractivity contribution in [3.05, 3.63) is 23.9 Å². The largest absolute Gasteiger partial charge is 0.481 e. The number of hydrogen-bond acceptors (Lipinski definition) is 4. The number of hydrogen-bond donors (Lipinski definition) is 1. The summed E-state index contributed by atoms with van der Waals surface area (Å²) in [7, 11) is 1.67. The number of nitrogens with two attached hydrogens (primary N) is 1. The van der Waals surface area contributed by atoms with Gasteiger partial charge in [-0.05, 0) is 31.5 Å². The lowest BCUT2D eigenvalue weighted by molar-refractivity contribution is 0.306. The molecule has 0 spiro atoms. The molecule has 4 nitrogen and oxygen atoms in total. The van der Waals surface area contributed by atoms with Crippen molar-refractivity contribution >= 4 is 0 Å². The molecule has 1 saturated heterocycles. The minimum atomic E-state index is 0.655. The van der Waals surface area contributed by atoms with Crippen LogP contribution in [0.3, 0.4) is 0 Å². The monoisotopic (exact) mass is 221 g/mol. The molecule has 0 saturated carbocycles. The molecule has 88 valence electrons. The third kappa shape index (κ3) is 2.51. The lowest BCUT2D eigenvalue weighted by Crippen LogP contribution is -2.23. The zero-order valence-corrected chi connectivity index (χ0v) is 9.72. The third-order valence-corrected chi connectivity index (χ3v) is 3.14. The number of nitrogens with zero attached hydrogens (tertiary/aromatic N) is 2. The van der Waals surface area contributed by atoms with E-state index < -0.39 is 0 Å². The van der Waals surface area contributed by atoms with Gasteiger partial charge in [-0.15, -0.1) is 0 Å². The standard InChI is InChI=1S/C12H19N3O/c1-16-12-11(3-2-5-14-12)9-15-6-4-10(7-13)8-15/h2-3,5,10H,4,6-9,13H2,1H3. The predicted molar refractivity (Wildman–Crippen MR) is 63.2 cm³/mol. The highest BCUT2D eigenvalue weighted by Crippen LogP contribution is 2.21. The van der Waals surface area contributed by atoms with Gasteiger partial charge >= 0.3 is 0 Å². The van der Waals surface area contributed by atoms with Gasteiger partial charge in [-0.2, -0.15) is 0 Å². The smallest absolute Gasteiger partial charge is 0.217 e. The number of rotatable bonds is 4. The van der Waals surface area contributed by atoms with E-state index in [0.717, 1.165) is 37.6 Å². The molecule has 0 aliphatic carbocycles. The van der Waals surface area contributed by atoms with Crippen LogP contribution >= 0.6 is 0 Å². The molecule has 1 fully saturated rings. The van der Waals surface area contributed by atoms with Gasteiger partial charge in [0, 0.05) is 24.8 Å². The highest BCUT2D eigenvalue weighted by molar-refractivity contribution is 5.25. The molecular formula is C12H19N3O. The fourth-order valence-corrected chi connectivity index (χ4v) is 2.22. The first-order chi connectivity index (χ1) is 7.83. The van der Waals surface area contributed by atoms with Crippen LogP contribution in [0.2, 0.25) is 0 Å². The summed E-state index contributed by atoms with van der Waals surface area (Å²) in [6.45, 7) is 3.92. The van der Waals surface area contributed by atoms with Crippen molar-refractivity contribution in [2.75, 3.05) is 26.7 Å². The van der Waals surface area contributed by atoms with E-state index in [-0.39, 0.29) is 0 Å². The molecule has 0 radical (unpaired) electrons. The lowest BCUT2D eigenvalue weighted by Gasteiger charge is -2.16. The molecule has 4 heteroatoms. The number of methoxy groups -OCH3 is 1. The molecule has 2 rings (SSSR count). The van der Waals surface area contributed by atoms with E-state index in [1.54, 1.807) is 13.3 Å². The zero-order valence-electron chi connectivity index (χ0n) is 9.72. The Bertz CT molecular complexity index is 343. The van der Waals surface area contributed by atoms with Crippen LogP contribution in [0.1, 0.15) is 12.0 Å². The van der Waals surface area contributed by atoms with Crippen molar-refractivity contribution in [3.8, 4) is 5.88 Å². The Labute approximate surface area is 96.4 Å². The van der Waals surface area contributed by atoms with E-state index in [2.05, 4.69) is 16.0 Å². The molecule has 0 aromatic carbocycles. The third-order valence-electron chi connectivity index (χ3n) is 3.14. The number of likely N-dealkylation sites (tertiary alicyclic amines) is 1. The van der Waals surface area contributed by atoms with Crippen LogP contribution in [0.4, 0.5) is 0 Å². The average molecular weight is 221 g/mol. The Balaban J connectivity index is 1.99. The fraction of sp³-hybridized carbons (Fsp3) is 0.583. The van der Waals surface area contributed by atoms with Gasteiger partial charge in [-0.25, -0.2) is 4.98 Å². The van der Waals surface area contributed by atoms with Crippen LogP contribution in [-0.2, 0) is 6.54 Å². The van der Waals surface area contributed by atoms with Gasteiger partial charge in [0.2, 0.25) is 5.88 Å². The first kappa shape index (κ1) is 11.4. The molecule has 1 aromatic rings. The van der Waals surface area contributed by atoms with E-state index in [1.807, 2.05) is 6.07 Å². The maximum Gasteiger partial charge on any atom is 0.217 e. The second kappa shape index (κ2) is 5.27. The van der Waals surface area contributed by atoms with Gasteiger partial charge in [-0.1, -0.05) is 6.07 Å². The molecule has 2 heterocycles. The van der Waals surface area contributed by atoms with Crippen LogP contribution in [0, 0.1) is 5.92 Å². The van der Waals surface area contributed by atoms with E-state index in [1.165, 1.54) is 6.42 Å². The second-order valence-electron chi connectivity index (χ2n) is 4.30. The lowest BCUT2D eigenvalue weighted by atomic mass is 10.1. The van der Waals surface area contributed by atoms with Crippen LogP contribution in [-0.4, -0.2) is 36.6 Å². The van der Waals surface area contributed by atoms with Gasteiger partial charge < -0.3 is 10.5 Å². The molecule has 2 N–H and O–H groups in total. The first-order valence-corrected chi connectivity index (χ1v) is 5.73. The summed E-state index contributed by atoms with van der Waals surface area (Å²) in [5.41, 5.74) is 6.84. The van der Waals surface area contributed by atoms with Crippen LogP contribution < -0.4 is 10.5 Å².